The SMILES string of the molecule is CCc1c(NC(=O)C(F)(F)F)nn2ccc(Cl)nc12. The lowest BCUT2D eigenvalue weighted by atomic mass is 10.2. The van der Waals surface area contributed by atoms with E-state index < -0.39 is 12.1 Å². The Morgan fingerprint density at radius 1 is 1.53 bits per heavy atom. The summed E-state index contributed by atoms with van der Waals surface area (Å²) in [4.78, 5) is 14.9. The normalized spacial score (nSPS) is 11.8. The number of hydrogen-bond acceptors (Lipinski definition) is 3. The number of nitrogens with one attached hydrogen (secondary N) is 1. The Bertz CT molecular complexity index is 637. The molecule has 0 saturated heterocycles. The molecule has 5 nitrogen and oxygen atoms in total. The van der Waals surface area contributed by atoms with Crippen LogP contribution in [0, 0.1) is 0 Å². The van der Waals surface area contributed by atoms with Gasteiger partial charge in [-0.25, -0.2) is 9.50 Å². The number of rotatable bonds is 2. The second kappa shape index (κ2) is 4.69. The van der Waals surface area contributed by atoms with Crippen molar-refractivity contribution < 1.29 is 18.0 Å². The zero-order chi connectivity index (χ0) is 14.2. The fraction of sp³-hybridized carbons (Fsp3) is 0.300. The molecule has 9 heteroatoms. The van der Waals surface area contributed by atoms with Crippen molar-refractivity contribution in [3.63, 3.8) is 0 Å². The maximum absolute atomic E-state index is 12.2. The van der Waals surface area contributed by atoms with Crippen LogP contribution in [-0.2, 0) is 11.2 Å². The van der Waals surface area contributed by atoms with Gasteiger partial charge in [0.1, 0.15) is 5.15 Å². The predicted molar refractivity (Wildman–Crippen MR) is 62.1 cm³/mol. The van der Waals surface area contributed by atoms with E-state index in [9.17, 15) is 18.0 Å². The molecule has 2 rings (SSSR count). The van der Waals surface area contributed by atoms with Crippen molar-refractivity contribution in [1.82, 2.24) is 14.6 Å². The molecule has 0 aliphatic carbocycles. The molecule has 0 bridgehead atoms. The van der Waals surface area contributed by atoms with Crippen molar-refractivity contribution in [3.05, 3.63) is 23.0 Å². The van der Waals surface area contributed by atoms with E-state index in [1.165, 1.54) is 16.8 Å². The summed E-state index contributed by atoms with van der Waals surface area (Å²) in [5, 5.41) is 5.76. The van der Waals surface area contributed by atoms with Crippen molar-refractivity contribution in [1.29, 1.82) is 0 Å². The second-order valence-corrected chi connectivity index (χ2v) is 4.04. The van der Waals surface area contributed by atoms with E-state index in [1.807, 2.05) is 0 Å². The standard InChI is InChI=1S/C10H8ClF3N4O/c1-2-5-7(16-9(19)10(12,13)14)17-18-4-3-6(11)15-8(5)18/h3-4H,2H2,1H3,(H,16,17,19). The third-order valence-corrected chi connectivity index (χ3v) is 2.60. The van der Waals surface area contributed by atoms with Crippen LogP contribution in [0.4, 0.5) is 19.0 Å². The Morgan fingerprint density at radius 3 is 2.79 bits per heavy atom. The number of alkyl halides is 3. The smallest absolute Gasteiger partial charge is 0.301 e. The number of carbonyl (C=O) groups is 1. The van der Waals surface area contributed by atoms with Gasteiger partial charge < -0.3 is 5.32 Å². The van der Waals surface area contributed by atoms with Gasteiger partial charge in [-0.3, -0.25) is 4.79 Å². The molecule has 0 aromatic carbocycles. The van der Waals surface area contributed by atoms with Gasteiger partial charge in [0.2, 0.25) is 0 Å². The van der Waals surface area contributed by atoms with Crippen molar-refractivity contribution in [2.75, 3.05) is 5.32 Å². The van der Waals surface area contributed by atoms with E-state index in [-0.39, 0.29) is 11.0 Å². The average molecular weight is 293 g/mol. The molecule has 0 saturated carbocycles. The Balaban J connectivity index is 2.46. The van der Waals surface area contributed by atoms with Crippen LogP contribution in [0.1, 0.15) is 12.5 Å². The molecule has 102 valence electrons. The fourth-order valence-electron chi connectivity index (χ4n) is 1.56. The lowest BCUT2D eigenvalue weighted by molar-refractivity contribution is -0.167. The minimum atomic E-state index is -4.97. The molecule has 0 spiro atoms. The van der Waals surface area contributed by atoms with Crippen LogP contribution >= 0.6 is 11.6 Å². The van der Waals surface area contributed by atoms with Crippen molar-refractivity contribution in [2.45, 2.75) is 19.5 Å². The Morgan fingerprint density at radius 2 is 2.21 bits per heavy atom. The Labute approximate surface area is 110 Å². The summed E-state index contributed by atoms with van der Waals surface area (Å²) in [6, 6.07) is 1.44. The summed E-state index contributed by atoms with van der Waals surface area (Å²) in [7, 11) is 0. The van der Waals surface area contributed by atoms with Gasteiger partial charge in [-0.2, -0.15) is 13.2 Å². The van der Waals surface area contributed by atoms with Gasteiger partial charge in [0.25, 0.3) is 0 Å². The molecule has 0 aliphatic heterocycles. The van der Waals surface area contributed by atoms with Gasteiger partial charge in [0, 0.05) is 11.8 Å². The number of halogens is 4. The molecule has 2 aromatic heterocycles. The molecule has 1 N–H and O–H groups in total. The first-order valence-corrected chi connectivity index (χ1v) is 5.62. The minimum Gasteiger partial charge on any atom is -0.301 e. The van der Waals surface area contributed by atoms with E-state index in [0.717, 1.165) is 0 Å². The molecule has 0 fully saturated rings. The van der Waals surface area contributed by atoms with Crippen molar-refractivity contribution >= 4 is 29.0 Å². The van der Waals surface area contributed by atoms with Crippen molar-refractivity contribution in [2.24, 2.45) is 0 Å². The van der Waals surface area contributed by atoms with Gasteiger partial charge in [-0.15, -0.1) is 5.10 Å². The summed E-state index contributed by atoms with van der Waals surface area (Å²) in [5.74, 6) is -2.24. The van der Waals surface area contributed by atoms with Crippen LogP contribution < -0.4 is 5.32 Å². The molecule has 0 atom stereocenters. The molecule has 19 heavy (non-hydrogen) atoms. The van der Waals surface area contributed by atoms with E-state index in [1.54, 1.807) is 12.2 Å². The first-order valence-electron chi connectivity index (χ1n) is 5.25. The van der Waals surface area contributed by atoms with Crippen LogP contribution in [0.3, 0.4) is 0 Å². The zero-order valence-corrected chi connectivity index (χ0v) is 10.4. The summed E-state index contributed by atoms with van der Waals surface area (Å²) in [5.41, 5.74) is 0.701. The number of anilines is 1. The van der Waals surface area contributed by atoms with Gasteiger partial charge >= 0.3 is 12.1 Å². The number of fused-ring (bicyclic) bond motifs is 1. The van der Waals surface area contributed by atoms with Crippen LogP contribution in [0.15, 0.2) is 12.3 Å². The van der Waals surface area contributed by atoms with Gasteiger partial charge in [-0.1, -0.05) is 18.5 Å². The lowest BCUT2D eigenvalue weighted by Gasteiger charge is -2.06. The highest BCUT2D eigenvalue weighted by molar-refractivity contribution is 6.29. The predicted octanol–water partition coefficient (Wildman–Crippen LogP) is 2.45. The topological polar surface area (TPSA) is 59.3 Å². The largest absolute Gasteiger partial charge is 0.471 e. The Kier molecular flexibility index (Phi) is 3.36. The van der Waals surface area contributed by atoms with Crippen LogP contribution in [0.5, 0.6) is 0 Å². The average Bonchev–Trinajstić information content (AvgIpc) is 2.64. The highest BCUT2D eigenvalue weighted by Crippen LogP contribution is 2.23. The number of amides is 1. The minimum absolute atomic E-state index is 0.167. The maximum Gasteiger partial charge on any atom is 0.471 e. The number of aromatic nitrogens is 3. The lowest BCUT2D eigenvalue weighted by Crippen LogP contribution is -2.30. The third kappa shape index (κ3) is 2.62. The number of hydrogen-bond donors (Lipinski definition) is 1. The quantitative estimate of drug-likeness (QED) is 0.865. The number of aryl methyl sites for hydroxylation is 1. The summed E-state index contributed by atoms with van der Waals surface area (Å²) < 4.78 is 37.9. The van der Waals surface area contributed by atoms with E-state index in [2.05, 4.69) is 10.1 Å². The highest BCUT2D eigenvalue weighted by Gasteiger charge is 2.39. The highest BCUT2D eigenvalue weighted by atomic mass is 35.5. The molecule has 0 aliphatic rings. The number of carbonyl (C=O) groups excluding carboxylic acids is 1. The monoisotopic (exact) mass is 292 g/mol. The van der Waals surface area contributed by atoms with Gasteiger partial charge in [0.05, 0.1) is 0 Å². The summed E-state index contributed by atoms with van der Waals surface area (Å²) in [6.45, 7) is 1.71. The second-order valence-electron chi connectivity index (χ2n) is 3.65. The first-order chi connectivity index (χ1) is 8.82. The molecule has 1 amide bonds. The number of nitrogens with zero attached hydrogens (tertiary/aromatic N) is 3. The summed E-state index contributed by atoms with van der Waals surface area (Å²) in [6.07, 6.45) is -3.16. The van der Waals surface area contributed by atoms with Crippen LogP contribution in [0.2, 0.25) is 5.15 Å². The molecular weight excluding hydrogens is 285 g/mol. The van der Waals surface area contributed by atoms with Crippen LogP contribution in [0.25, 0.3) is 5.65 Å². The molecule has 2 aromatic rings. The van der Waals surface area contributed by atoms with E-state index in [0.29, 0.717) is 17.6 Å². The Hall–Kier alpha value is -1.83. The first kappa shape index (κ1) is 13.6. The van der Waals surface area contributed by atoms with E-state index >= 15 is 0 Å². The molecule has 0 radical (unpaired) electrons. The van der Waals surface area contributed by atoms with Gasteiger partial charge in [-0.05, 0) is 12.5 Å². The zero-order valence-electron chi connectivity index (χ0n) is 9.62. The third-order valence-electron chi connectivity index (χ3n) is 2.39. The summed E-state index contributed by atoms with van der Waals surface area (Å²) >= 11 is 5.72. The maximum atomic E-state index is 12.2. The van der Waals surface area contributed by atoms with Crippen LogP contribution in [-0.4, -0.2) is 26.7 Å². The molecule has 0 unspecified atom stereocenters. The van der Waals surface area contributed by atoms with Crippen molar-refractivity contribution in [3.8, 4) is 0 Å². The van der Waals surface area contributed by atoms with Gasteiger partial charge in [0.15, 0.2) is 11.5 Å². The fourth-order valence-corrected chi connectivity index (χ4v) is 1.69. The molecular formula is C10H8ClF3N4O. The molecule has 2 heterocycles. The van der Waals surface area contributed by atoms with E-state index in [4.69, 9.17) is 11.6 Å².